The van der Waals surface area contributed by atoms with Crippen molar-refractivity contribution in [2.75, 3.05) is 32.9 Å². The maximum Gasteiger partial charge on any atom is 0.408 e. The van der Waals surface area contributed by atoms with Gasteiger partial charge < -0.3 is 24.8 Å². The van der Waals surface area contributed by atoms with Crippen LogP contribution in [0.1, 0.15) is 36.3 Å². The lowest BCUT2D eigenvalue weighted by Gasteiger charge is -2.39. The third-order valence-corrected chi connectivity index (χ3v) is 8.30. The van der Waals surface area contributed by atoms with E-state index in [1.807, 2.05) is 24.3 Å². The van der Waals surface area contributed by atoms with Crippen LogP contribution < -0.4 is 5.32 Å². The minimum Gasteiger partial charge on any atom is -0.481 e. The molecular formula is C27H28N2O6. The van der Waals surface area contributed by atoms with E-state index in [4.69, 9.17) is 9.47 Å². The Morgan fingerprint density at radius 3 is 2.26 bits per heavy atom. The molecule has 8 nitrogen and oxygen atoms in total. The van der Waals surface area contributed by atoms with Crippen molar-refractivity contribution in [1.82, 2.24) is 10.2 Å². The topological polar surface area (TPSA) is 105 Å². The van der Waals surface area contributed by atoms with E-state index in [9.17, 15) is 19.5 Å². The third kappa shape index (κ3) is 3.50. The van der Waals surface area contributed by atoms with Gasteiger partial charge in [-0.2, -0.15) is 0 Å². The minimum atomic E-state index is -1.14. The Labute approximate surface area is 203 Å². The summed E-state index contributed by atoms with van der Waals surface area (Å²) in [4.78, 5) is 39.9. The Kier molecular flexibility index (Phi) is 5.11. The van der Waals surface area contributed by atoms with E-state index >= 15 is 0 Å². The van der Waals surface area contributed by atoms with E-state index in [-0.39, 0.29) is 30.9 Å². The summed E-state index contributed by atoms with van der Waals surface area (Å²) in [7, 11) is 0. The molecule has 2 unspecified atom stereocenters. The molecule has 2 saturated heterocycles. The number of hydrogen-bond donors (Lipinski definition) is 2. The first-order valence-corrected chi connectivity index (χ1v) is 12.2. The standard InChI is InChI=1S/C27H28N2O6/c30-23(29-14-17-13-26(17,16-29)24(31)32)27(9-11-34-12-10-27)28-25(33)35-15-22-20-7-3-1-5-18(20)19-6-2-4-8-21(19)22/h1-8,17,22H,9-16H2,(H,28,33)(H,31,32). The van der Waals surface area contributed by atoms with Crippen molar-refractivity contribution in [1.29, 1.82) is 0 Å². The van der Waals surface area contributed by atoms with Crippen LogP contribution in [-0.2, 0) is 19.1 Å². The first kappa shape index (κ1) is 22.1. The Balaban J connectivity index is 1.16. The molecule has 182 valence electrons. The van der Waals surface area contributed by atoms with E-state index in [0.29, 0.717) is 39.0 Å². The number of carboxylic acid groups (broad SMARTS) is 1. The molecule has 8 heteroatoms. The van der Waals surface area contributed by atoms with Crippen LogP contribution in [0.4, 0.5) is 4.79 Å². The molecule has 3 fully saturated rings. The largest absolute Gasteiger partial charge is 0.481 e. The summed E-state index contributed by atoms with van der Waals surface area (Å²) in [6.45, 7) is 1.46. The zero-order valence-electron chi connectivity index (χ0n) is 19.4. The van der Waals surface area contributed by atoms with Crippen molar-refractivity contribution >= 4 is 18.0 Å². The SMILES string of the molecule is O=C(NC1(C(=O)N2CC3CC3(C(=O)O)C2)CCOCC1)OCC1c2ccccc2-c2ccccc21. The van der Waals surface area contributed by atoms with Crippen LogP contribution in [0.3, 0.4) is 0 Å². The van der Waals surface area contributed by atoms with Gasteiger partial charge in [0.15, 0.2) is 0 Å². The summed E-state index contributed by atoms with van der Waals surface area (Å²) >= 11 is 0. The van der Waals surface area contributed by atoms with Gasteiger partial charge in [-0.25, -0.2) is 4.79 Å². The van der Waals surface area contributed by atoms with Crippen LogP contribution in [0.5, 0.6) is 0 Å². The molecule has 35 heavy (non-hydrogen) atoms. The Hall–Kier alpha value is -3.39. The number of ether oxygens (including phenoxy) is 2. The van der Waals surface area contributed by atoms with Crippen LogP contribution in [0.25, 0.3) is 11.1 Å². The number of nitrogens with one attached hydrogen (secondary N) is 1. The first-order valence-electron chi connectivity index (χ1n) is 12.2. The van der Waals surface area contributed by atoms with Gasteiger partial charge in [0.25, 0.3) is 0 Å². The number of piperidine rings is 1. The molecule has 6 rings (SSSR count). The summed E-state index contributed by atoms with van der Waals surface area (Å²) in [6, 6.07) is 16.2. The average Bonchev–Trinajstić information content (AvgIpc) is 3.30. The molecule has 1 saturated carbocycles. The monoisotopic (exact) mass is 476 g/mol. The molecule has 2 amide bonds. The molecule has 2 aromatic carbocycles. The van der Waals surface area contributed by atoms with Gasteiger partial charge in [0, 0.05) is 45.1 Å². The number of carbonyl (C=O) groups is 3. The van der Waals surface area contributed by atoms with E-state index in [2.05, 4.69) is 29.6 Å². The number of nitrogens with zero attached hydrogens (tertiary/aromatic N) is 1. The van der Waals surface area contributed by atoms with Gasteiger partial charge in [-0.1, -0.05) is 48.5 Å². The molecule has 0 radical (unpaired) electrons. The Bertz CT molecular complexity index is 1160. The van der Waals surface area contributed by atoms with Gasteiger partial charge in [0.2, 0.25) is 5.91 Å². The number of amides is 2. The van der Waals surface area contributed by atoms with Gasteiger partial charge >= 0.3 is 12.1 Å². The number of hydrogen-bond acceptors (Lipinski definition) is 5. The lowest BCUT2D eigenvalue weighted by molar-refractivity contribution is -0.146. The zero-order chi connectivity index (χ0) is 24.2. The second-order valence-corrected chi connectivity index (χ2v) is 10.2. The maximum absolute atomic E-state index is 13.6. The summed E-state index contributed by atoms with van der Waals surface area (Å²) in [5.74, 6) is -1.16. The van der Waals surface area contributed by atoms with Crippen molar-refractivity contribution in [2.24, 2.45) is 11.3 Å². The number of aliphatic carboxylic acids is 1. The molecular weight excluding hydrogens is 448 g/mol. The molecule has 2 aliphatic heterocycles. The number of carbonyl (C=O) groups excluding carboxylic acids is 2. The van der Waals surface area contributed by atoms with Crippen molar-refractivity contribution in [2.45, 2.75) is 30.7 Å². The third-order valence-electron chi connectivity index (χ3n) is 8.30. The number of fused-ring (bicyclic) bond motifs is 4. The van der Waals surface area contributed by atoms with Crippen molar-refractivity contribution < 1.29 is 29.0 Å². The fraction of sp³-hybridized carbons (Fsp3) is 0.444. The lowest BCUT2D eigenvalue weighted by Crippen LogP contribution is -2.62. The molecule has 2 heterocycles. The molecule has 2 aliphatic carbocycles. The second-order valence-electron chi connectivity index (χ2n) is 10.2. The number of benzene rings is 2. The van der Waals surface area contributed by atoms with Gasteiger partial charge in [-0.3, -0.25) is 9.59 Å². The predicted molar refractivity (Wildman–Crippen MR) is 126 cm³/mol. The molecule has 0 bridgehead atoms. The molecule has 0 spiro atoms. The average molecular weight is 477 g/mol. The van der Waals surface area contributed by atoms with Crippen LogP contribution in [-0.4, -0.2) is 66.4 Å². The Morgan fingerprint density at radius 1 is 1.03 bits per heavy atom. The molecule has 2 N–H and O–H groups in total. The van der Waals surface area contributed by atoms with E-state index in [1.54, 1.807) is 4.90 Å². The molecule has 4 aliphatic rings. The summed E-state index contributed by atoms with van der Waals surface area (Å²) in [5.41, 5.74) is 2.58. The van der Waals surface area contributed by atoms with Crippen LogP contribution in [0, 0.1) is 11.3 Å². The fourth-order valence-electron chi connectivity index (χ4n) is 6.21. The van der Waals surface area contributed by atoms with Crippen molar-refractivity contribution in [3.8, 4) is 11.1 Å². The van der Waals surface area contributed by atoms with Crippen LogP contribution in [0.15, 0.2) is 48.5 Å². The van der Waals surface area contributed by atoms with E-state index in [0.717, 1.165) is 22.3 Å². The van der Waals surface area contributed by atoms with E-state index in [1.165, 1.54) is 0 Å². The number of rotatable bonds is 5. The highest BCUT2D eigenvalue weighted by molar-refractivity contribution is 5.92. The molecule has 2 atom stereocenters. The summed E-state index contributed by atoms with van der Waals surface area (Å²) in [6.07, 6.45) is 0.635. The van der Waals surface area contributed by atoms with Gasteiger partial charge in [0.05, 0.1) is 5.41 Å². The molecule has 2 aromatic rings. The van der Waals surface area contributed by atoms with Crippen molar-refractivity contribution in [3.05, 3.63) is 59.7 Å². The van der Waals surface area contributed by atoms with Crippen molar-refractivity contribution in [3.63, 3.8) is 0 Å². The normalized spacial score (nSPS) is 25.8. The number of alkyl carbamates (subject to hydrolysis) is 1. The highest BCUT2D eigenvalue weighted by atomic mass is 16.5. The zero-order valence-corrected chi connectivity index (χ0v) is 19.4. The minimum absolute atomic E-state index is 0.00436. The predicted octanol–water partition coefficient (Wildman–Crippen LogP) is 3.01. The quantitative estimate of drug-likeness (QED) is 0.688. The van der Waals surface area contributed by atoms with Gasteiger partial charge in [-0.05, 0) is 34.6 Å². The Morgan fingerprint density at radius 2 is 1.66 bits per heavy atom. The van der Waals surface area contributed by atoms with Gasteiger partial charge in [-0.15, -0.1) is 0 Å². The smallest absolute Gasteiger partial charge is 0.408 e. The van der Waals surface area contributed by atoms with E-state index < -0.39 is 23.0 Å². The maximum atomic E-state index is 13.6. The van der Waals surface area contributed by atoms with Crippen LogP contribution in [0.2, 0.25) is 0 Å². The van der Waals surface area contributed by atoms with Gasteiger partial charge in [0.1, 0.15) is 12.1 Å². The first-order chi connectivity index (χ1) is 16.9. The fourth-order valence-corrected chi connectivity index (χ4v) is 6.21. The second kappa shape index (κ2) is 8.09. The molecule has 0 aromatic heterocycles. The lowest BCUT2D eigenvalue weighted by atomic mass is 9.88. The number of carboxylic acids is 1. The number of likely N-dealkylation sites (tertiary alicyclic amines) is 1. The van der Waals surface area contributed by atoms with Crippen LogP contribution >= 0.6 is 0 Å². The summed E-state index contributed by atoms with van der Waals surface area (Å²) < 4.78 is 11.2. The highest BCUT2D eigenvalue weighted by Gasteiger charge is 2.67. The highest BCUT2D eigenvalue weighted by Crippen LogP contribution is 2.58. The summed E-state index contributed by atoms with van der Waals surface area (Å²) in [5, 5.41) is 12.5.